The molecule has 10 heteroatoms. The molecule has 3 aliphatic rings. The van der Waals surface area contributed by atoms with Crippen molar-refractivity contribution in [2.75, 3.05) is 18.9 Å². The zero-order valence-corrected chi connectivity index (χ0v) is 18.7. The number of rotatable bonds is 4. The summed E-state index contributed by atoms with van der Waals surface area (Å²) in [6.45, 7) is 0.637. The highest BCUT2D eigenvalue weighted by atomic mass is 16.6. The molecule has 1 aliphatic carbocycles. The number of hydrogen-bond donors (Lipinski definition) is 3. The summed E-state index contributed by atoms with van der Waals surface area (Å²) < 4.78 is 5.48. The summed E-state index contributed by atoms with van der Waals surface area (Å²) in [5.74, 6) is -0.945. The number of urea groups is 1. The number of ether oxygens (including phenoxy) is 1. The van der Waals surface area contributed by atoms with Crippen LogP contribution in [0.1, 0.15) is 54.5 Å². The third kappa shape index (κ3) is 3.64. The Kier molecular flexibility index (Phi) is 5.43. The van der Waals surface area contributed by atoms with Crippen molar-refractivity contribution in [1.82, 2.24) is 20.5 Å². The van der Waals surface area contributed by atoms with E-state index in [1.165, 1.54) is 7.05 Å². The van der Waals surface area contributed by atoms with E-state index in [-0.39, 0.29) is 36.7 Å². The predicted octanol–water partition coefficient (Wildman–Crippen LogP) is 2.54. The minimum atomic E-state index is -1.46. The maximum Gasteiger partial charge on any atom is 0.415 e. The summed E-state index contributed by atoms with van der Waals surface area (Å²) >= 11 is 0. The van der Waals surface area contributed by atoms with Gasteiger partial charge in [-0.25, -0.2) is 9.59 Å². The number of likely N-dealkylation sites (tertiary alicyclic amines) is 1. The molecule has 10 nitrogen and oxygen atoms in total. The molecular weight excluding hydrogens is 438 g/mol. The van der Waals surface area contributed by atoms with Crippen molar-refractivity contribution in [3.05, 3.63) is 59.4 Å². The van der Waals surface area contributed by atoms with Crippen LogP contribution in [0, 0.1) is 0 Å². The standard InChI is InChI=1S/C24H25N5O5/c1-25-22(32)27-15-7-8-17-16(12-15)14(13-24(17)21(31)28-23(33)34-24)11-20(30)29-10-4-6-19(29)18-5-2-3-9-26-18/h2-3,5,7-9,12,14,19H,4,6,10-11,13H2,1H3,(H2,25,27,32)(H,28,31,33)/t14?,19?,24-/m1/s1. The van der Waals surface area contributed by atoms with Gasteiger partial charge in [-0.3, -0.25) is 19.9 Å². The second-order valence-electron chi connectivity index (χ2n) is 8.78. The van der Waals surface area contributed by atoms with Crippen LogP contribution in [0.25, 0.3) is 0 Å². The molecule has 2 unspecified atom stereocenters. The van der Waals surface area contributed by atoms with E-state index in [4.69, 9.17) is 4.74 Å². The molecule has 1 aromatic heterocycles. The predicted molar refractivity (Wildman–Crippen MR) is 121 cm³/mol. The molecule has 0 saturated carbocycles. The number of nitrogens with zero attached hydrogens (tertiary/aromatic N) is 2. The van der Waals surface area contributed by atoms with Crippen LogP contribution in [0.3, 0.4) is 0 Å². The number of amides is 5. The highest BCUT2D eigenvalue weighted by Gasteiger charge is 2.57. The van der Waals surface area contributed by atoms with E-state index in [2.05, 4.69) is 20.9 Å². The number of benzene rings is 1. The first kappa shape index (κ1) is 21.9. The van der Waals surface area contributed by atoms with Crippen LogP contribution < -0.4 is 16.0 Å². The molecule has 1 spiro atoms. The molecule has 3 N–H and O–H groups in total. The maximum absolute atomic E-state index is 13.5. The average Bonchev–Trinajstić information content (AvgIpc) is 3.51. The Morgan fingerprint density at radius 2 is 2.12 bits per heavy atom. The van der Waals surface area contributed by atoms with E-state index in [0.717, 1.165) is 18.5 Å². The third-order valence-electron chi connectivity index (χ3n) is 6.82. The van der Waals surface area contributed by atoms with Crippen molar-refractivity contribution in [2.24, 2.45) is 0 Å². The smallest absolute Gasteiger partial charge is 0.415 e. The van der Waals surface area contributed by atoms with Crippen LogP contribution in [0.2, 0.25) is 0 Å². The molecule has 2 aromatic rings. The molecule has 5 amide bonds. The second-order valence-corrected chi connectivity index (χ2v) is 8.78. The van der Waals surface area contributed by atoms with Crippen LogP contribution >= 0.6 is 0 Å². The van der Waals surface area contributed by atoms with E-state index in [9.17, 15) is 19.2 Å². The lowest BCUT2D eigenvalue weighted by Gasteiger charge is -2.26. The van der Waals surface area contributed by atoms with Gasteiger partial charge in [0, 0.05) is 43.9 Å². The van der Waals surface area contributed by atoms with Gasteiger partial charge in [0.05, 0.1) is 11.7 Å². The Morgan fingerprint density at radius 3 is 2.82 bits per heavy atom. The Labute approximate surface area is 196 Å². The van der Waals surface area contributed by atoms with E-state index in [0.29, 0.717) is 23.4 Å². The van der Waals surface area contributed by atoms with Crippen molar-refractivity contribution in [2.45, 2.75) is 43.2 Å². The van der Waals surface area contributed by atoms with Crippen LogP contribution in [-0.2, 0) is 19.9 Å². The van der Waals surface area contributed by atoms with Crippen LogP contribution in [0.5, 0.6) is 0 Å². The van der Waals surface area contributed by atoms with Gasteiger partial charge >= 0.3 is 12.1 Å². The quantitative estimate of drug-likeness (QED) is 0.639. The number of nitrogens with one attached hydrogen (secondary N) is 3. The summed E-state index contributed by atoms with van der Waals surface area (Å²) in [6, 6.07) is 10.3. The second kappa shape index (κ2) is 8.44. The fourth-order valence-electron chi connectivity index (χ4n) is 5.30. The highest BCUT2D eigenvalue weighted by Crippen LogP contribution is 2.51. The largest absolute Gasteiger partial charge is 0.427 e. The summed E-state index contributed by atoms with van der Waals surface area (Å²) in [5.41, 5.74) is 1.16. The number of fused-ring (bicyclic) bond motifs is 2. The molecule has 0 radical (unpaired) electrons. The van der Waals surface area contributed by atoms with Gasteiger partial charge in [0.2, 0.25) is 11.5 Å². The number of hydrogen-bond acceptors (Lipinski definition) is 6. The minimum absolute atomic E-state index is 0.0458. The Hall–Kier alpha value is -3.95. The number of aromatic nitrogens is 1. The maximum atomic E-state index is 13.5. The molecule has 3 heterocycles. The lowest BCUT2D eigenvalue weighted by atomic mass is 9.94. The van der Waals surface area contributed by atoms with Crippen molar-refractivity contribution >= 4 is 29.6 Å². The number of carbonyl (C=O) groups is 4. The molecule has 2 aliphatic heterocycles. The van der Waals surface area contributed by atoms with Crippen LogP contribution in [-0.4, -0.2) is 47.4 Å². The summed E-state index contributed by atoms with van der Waals surface area (Å²) in [5, 5.41) is 7.43. The average molecular weight is 463 g/mol. The van der Waals surface area contributed by atoms with Crippen molar-refractivity contribution < 1.29 is 23.9 Å². The molecule has 2 fully saturated rings. The number of pyridine rings is 1. The van der Waals surface area contributed by atoms with Gasteiger partial charge in [0.1, 0.15) is 0 Å². The Morgan fingerprint density at radius 1 is 1.26 bits per heavy atom. The summed E-state index contributed by atoms with van der Waals surface area (Å²) in [7, 11) is 1.51. The monoisotopic (exact) mass is 463 g/mol. The molecule has 1 aromatic carbocycles. The van der Waals surface area contributed by atoms with E-state index >= 15 is 0 Å². The molecule has 3 atom stereocenters. The molecule has 176 valence electrons. The van der Waals surface area contributed by atoms with Gasteiger partial charge in [-0.05, 0) is 48.6 Å². The van der Waals surface area contributed by atoms with E-state index in [1.807, 2.05) is 23.1 Å². The first-order valence-electron chi connectivity index (χ1n) is 11.3. The van der Waals surface area contributed by atoms with Gasteiger partial charge < -0.3 is 20.3 Å². The lowest BCUT2D eigenvalue weighted by molar-refractivity contribution is -0.135. The van der Waals surface area contributed by atoms with Crippen molar-refractivity contribution in [3.63, 3.8) is 0 Å². The minimum Gasteiger partial charge on any atom is -0.427 e. The first-order chi connectivity index (χ1) is 16.4. The van der Waals surface area contributed by atoms with Crippen molar-refractivity contribution in [3.8, 4) is 0 Å². The van der Waals surface area contributed by atoms with Gasteiger partial charge in [0.25, 0.3) is 5.91 Å². The van der Waals surface area contributed by atoms with Gasteiger partial charge in [0.15, 0.2) is 0 Å². The van der Waals surface area contributed by atoms with E-state index in [1.54, 1.807) is 24.4 Å². The fraction of sp³-hybridized carbons (Fsp3) is 0.375. The number of carbonyl (C=O) groups excluding carboxylic acids is 4. The van der Waals surface area contributed by atoms with Gasteiger partial charge in [-0.2, -0.15) is 0 Å². The zero-order chi connectivity index (χ0) is 23.9. The fourth-order valence-corrected chi connectivity index (χ4v) is 5.30. The Bertz CT molecular complexity index is 1170. The van der Waals surface area contributed by atoms with E-state index < -0.39 is 17.6 Å². The molecular formula is C24H25N5O5. The molecule has 34 heavy (non-hydrogen) atoms. The summed E-state index contributed by atoms with van der Waals surface area (Å²) in [4.78, 5) is 56.2. The Balaban J connectivity index is 1.44. The molecule has 5 rings (SSSR count). The first-order valence-corrected chi connectivity index (χ1v) is 11.3. The number of anilines is 1. The number of alkyl carbamates (subject to hydrolysis) is 1. The van der Waals surface area contributed by atoms with Gasteiger partial charge in [-0.15, -0.1) is 0 Å². The van der Waals surface area contributed by atoms with Gasteiger partial charge in [-0.1, -0.05) is 12.1 Å². The van der Waals surface area contributed by atoms with Crippen molar-refractivity contribution in [1.29, 1.82) is 0 Å². The molecule has 0 bridgehead atoms. The number of imide groups is 1. The summed E-state index contributed by atoms with van der Waals surface area (Å²) in [6.07, 6.45) is 2.96. The normalized spacial score (nSPS) is 25.1. The van der Waals surface area contributed by atoms with Crippen LogP contribution in [0.4, 0.5) is 15.3 Å². The molecule has 2 saturated heterocycles. The topological polar surface area (TPSA) is 130 Å². The highest BCUT2D eigenvalue weighted by molar-refractivity contribution is 6.04. The third-order valence-corrected chi connectivity index (χ3v) is 6.82. The zero-order valence-electron chi connectivity index (χ0n) is 18.7. The van der Waals surface area contributed by atoms with Crippen LogP contribution in [0.15, 0.2) is 42.6 Å². The SMILES string of the molecule is CNC(=O)Nc1ccc2c(c1)C(CC(=O)N1CCCC1c1ccccn1)C[C@@]21OC(=O)NC1=O. The lowest BCUT2D eigenvalue weighted by Crippen LogP contribution is -2.35.